The van der Waals surface area contributed by atoms with Gasteiger partial charge in [-0.05, 0) is 37.6 Å². The van der Waals surface area contributed by atoms with Gasteiger partial charge in [0.05, 0.1) is 12.9 Å². The summed E-state index contributed by atoms with van der Waals surface area (Å²) in [6.45, 7) is 3.86. The summed E-state index contributed by atoms with van der Waals surface area (Å²) in [5.41, 5.74) is 1.28. The number of nitrogens with zero attached hydrogens (tertiary/aromatic N) is 7. The van der Waals surface area contributed by atoms with Gasteiger partial charge in [-0.15, -0.1) is 10.2 Å². The first kappa shape index (κ1) is 16.0. The average molecular weight is 337 g/mol. The Labute approximate surface area is 147 Å². The lowest BCUT2D eigenvalue weighted by atomic mass is 9.95. The molecule has 0 unspecified atom stereocenters. The highest BCUT2D eigenvalue weighted by atomic mass is 15.3. The molecule has 1 fully saturated rings. The van der Waals surface area contributed by atoms with Crippen molar-refractivity contribution in [2.45, 2.75) is 31.8 Å². The van der Waals surface area contributed by atoms with Gasteiger partial charge in [-0.3, -0.25) is 9.88 Å². The van der Waals surface area contributed by atoms with Crippen LogP contribution in [0.25, 0.3) is 0 Å². The summed E-state index contributed by atoms with van der Waals surface area (Å²) in [6, 6.07) is 4.15. The molecule has 1 saturated heterocycles. The molecule has 0 N–H and O–H groups in total. The number of imidazole rings is 1. The zero-order valence-corrected chi connectivity index (χ0v) is 14.5. The molecular formula is C18H23N7. The maximum absolute atomic E-state index is 4.48. The minimum absolute atomic E-state index is 0.485. The fraction of sp³-hybridized carbons (Fsp3) is 0.444. The van der Waals surface area contributed by atoms with E-state index in [1.165, 1.54) is 5.56 Å². The van der Waals surface area contributed by atoms with Gasteiger partial charge in [0.25, 0.3) is 0 Å². The Morgan fingerprint density at radius 1 is 1.08 bits per heavy atom. The standard InChI is InChI=1S/C18H23N7/c1-23-17(13-25-10-7-20-14-25)21-22-18(23)16-4-8-24(9-5-16)12-15-3-2-6-19-11-15/h2-3,6-7,10-11,14,16H,4-5,8-9,12-13H2,1H3. The Morgan fingerprint density at radius 3 is 2.68 bits per heavy atom. The number of pyridine rings is 1. The Kier molecular flexibility index (Phi) is 4.56. The molecule has 130 valence electrons. The SMILES string of the molecule is Cn1c(Cn2ccnc2)nnc1C1CCN(Cc2cccnc2)CC1. The largest absolute Gasteiger partial charge is 0.330 e. The van der Waals surface area contributed by atoms with Crippen LogP contribution in [0.3, 0.4) is 0 Å². The monoisotopic (exact) mass is 337 g/mol. The third-order valence-corrected chi connectivity index (χ3v) is 4.96. The molecule has 0 aliphatic carbocycles. The van der Waals surface area contributed by atoms with Crippen molar-refractivity contribution in [1.29, 1.82) is 0 Å². The van der Waals surface area contributed by atoms with Crippen molar-refractivity contribution in [2.75, 3.05) is 13.1 Å². The summed E-state index contributed by atoms with van der Waals surface area (Å²) in [5, 5.41) is 8.87. The van der Waals surface area contributed by atoms with E-state index in [2.05, 4.69) is 42.7 Å². The Morgan fingerprint density at radius 2 is 1.96 bits per heavy atom. The smallest absolute Gasteiger partial charge is 0.152 e. The van der Waals surface area contributed by atoms with Crippen LogP contribution < -0.4 is 0 Å². The molecule has 1 aliphatic rings. The van der Waals surface area contributed by atoms with Gasteiger partial charge < -0.3 is 9.13 Å². The average Bonchev–Trinajstić information content (AvgIpc) is 3.28. The van der Waals surface area contributed by atoms with Crippen LogP contribution in [0.1, 0.15) is 36.0 Å². The van der Waals surface area contributed by atoms with Crippen LogP contribution >= 0.6 is 0 Å². The molecule has 0 aromatic carbocycles. The van der Waals surface area contributed by atoms with Crippen LogP contribution in [0.4, 0.5) is 0 Å². The third-order valence-electron chi connectivity index (χ3n) is 4.96. The number of piperidine rings is 1. The highest BCUT2D eigenvalue weighted by Crippen LogP contribution is 2.27. The molecule has 7 heteroatoms. The Balaban J connectivity index is 1.37. The number of rotatable bonds is 5. The molecule has 4 rings (SSSR count). The summed E-state index contributed by atoms with van der Waals surface area (Å²) in [5.74, 6) is 2.57. The van der Waals surface area contributed by atoms with Gasteiger partial charge in [-0.2, -0.15) is 0 Å². The van der Waals surface area contributed by atoms with Crippen molar-refractivity contribution in [2.24, 2.45) is 7.05 Å². The maximum Gasteiger partial charge on any atom is 0.152 e. The first-order valence-corrected chi connectivity index (χ1v) is 8.75. The van der Waals surface area contributed by atoms with E-state index in [1.807, 2.05) is 35.6 Å². The second-order valence-corrected chi connectivity index (χ2v) is 6.68. The zero-order valence-electron chi connectivity index (χ0n) is 14.5. The number of hydrogen-bond donors (Lipinski definition) is 0. The van der Waals surface area contributed by atoms with Crippen LogP contribution in [0.2, 0.25) is 0 Å². The molecule has 1 aliphatic heterocycles. The second kappa shape index (κ2) is 7.14. The molecule has 0 atom stereocenters. The number of hydrogen-bond acceptors (Lipinski definition) is 5. The fourth-order valence-electron chi connectivity index (χ4n) is 3.51. The first-order chi connectivity index (χ1) is 12.3. The molecule has 3 aromatic rings. The van der Waals surface area contributed by atoms with E-state index in [-0.39, 0.29) is 0 Å². The molecule has 3 aromatic heterocycles. The summed E-state index contributed by atoms with van der Waals surface area (Å²) in [6.07, 6.45) is 11.6. The predicted octanol–water partition coefficient (Wildman–Crippen LogP) is 1.83. The maximum atomic E-state index is 4.48. The minimum atomic E-state index is 0.485. The molecule has 0 radical (unpaired) electrons. The van der Waals surface area contributed by atoms with Crippen LogP contribution in [0.15, 0.2) is 43.2 Å². The quantitative estimate of drug-likeness (QED) is 0.711. The summed E-state index contributed by atoms with van der Waals surface area (Å²) in [7, 11) is 2.07. The summed E-state index contributed by atoms with van der Waals surface area (Å²) < 4.78 is 4.17. The molecule has 0 saturated carbocycles. The lowest BCUT2D eigenvalue weighted by molar-refractivity contribution is 0.200. The van der Waals surface area contributed by atoms with Gasteiger partial charge in [0.1, 0.15) is 5.82 Å². The van der Waals surface area contributed by atoms with Gasteiger partial charge in [-0.1, -0.05) is 6.07 Å². The van der Waals surface area contributed by atoms with Crippen molar-refractivity contribution in [3.63, 3.8) is 0 Å². The molecule has 7 nitrogen and oxygen atoms in total. The molecular weight excluding hydrogens is 314 g/mol. The Bertz CT molecular complexity index is 786. The van der Waals surface area contributed by atoms with E-state index in [0.29, 0.717) is 12.5 Å². The lowest BCUT2D eigenvalue weighted by Gasteiger charge is -2.31. The van der Waals surface area contributed by atoms with Crippen LogP contribution in [-0.4, -0.2) is 47.3 Å². The third kappa shape index (κ3) is 3.61. The highest BCUT2D eigenvalue weighted by Gasteiger charge is 2.25. The molecule has 0 amide bonds. The van der Waals surface area contributed by atoms with E-state index in [0.717, 1.165) is 44.1 Å². The van der Waals surface area contributed by atoms with Gasteiger partial charge in [0.2, 0.25) is 0 Å². The van der Waals surface area contributed by atoms with E-state index < -0.39 is 0 Å². The zero-order chi connectivity index (χ0) is 17.1. The van der Waals surface area contributed by atoms with E-state index in [4.69, 9.17) is 0 Å². The van der Waals surface area contributed by atoms with Gasteiger partial charge >= 0.3 is 0 Å². The normalized spacial score (nSPS) is 16.4. The molecule has 0 bridgehead atoms. The van der Waals surface area contributed by atoms with E-state index in [1.54, 1.807) is 6.20 Å². The van der Waals surface area contributed by atoms with Crippen LogP contribution in [-0.2, 0) is 20.1 Å². The molecule has 0 spiro atoms. The minimum Gasteiger partial charge on any atom is -0.330 e. The van der Waals surface area contributed by atoms with Crippen molar-refractivity contribution < 1.29 is 0 Å². The first-order valence-electron chi connectivity index (χ1n) is 8.75. The molecule has 25 heavy (non-hydrogen) atoms. The summed E-state index contributed by atoms with van der Waals surface area (Å²) >= 11 is 0. The topological polar surface area (TPSA) is 64.7 Å². The van der Waals surface area contributed by atoms with Gasteiger partial charge in [-0.25, -0.2) is 4.98 Å². The van der Waals surface area contributed by atoms with E-state index in [9.17, 15) is 0 Å². The van der Waals surface area contributed by atoms with Gasteiger partial charge in [0, 0.05) is 44.3 Å². The highest BCUT2D eigenvalue weighted by molar-refractivity contribution is 5.09. The van der Waals surface area contributed by atoms with E-state index >= 15 is 0 Å². The number of aromatic nitrogens is 6. The van der Waals surface area contributed by atoms with Crippen LogP contribution in [0, 0.1) is 0 Å². The lowest BCUT2D eigenvalue weighted by Crippen LogP contribution is -2.33. The molecule has 4 heterocycles. The fourth-order valence-corrected chi connectivity index (χ4v) is 3.51. The van der Waals surface area contributed by atoms with Crippen LogP contribution in [0.5, 0.6) is 0 Å². The van der Waals surface area contributed by atoms with Gasteiger partial charge in [0.15, 0.2) is 5.82 Å². The van der Waals surface area contributed by atoms with Crippen molar-refractivity contribution in [1.82, 2.24) is 34.2 Å². The van der Waals surface area contributed by atoms with Crippen molar-refractivity contribution in [3.05, 3.63) is 60.5 Å². The second-order valence-electron chi connectivity index (χ2n) is 6.68. The van der Waals surface area contributed by atoms with Crippen molar-refractivity contribution >= 4 is 0 Å². The number of likely N-dealkylation sites (tertiary alicyclic amines) is 1. The Hall–Kier alpha value is -2.54. The predicted molar refractivity (Wildman–Crippen MR) is 93.8 cm³/mol. The summed E-state index contributed by atoms with van der Waals surface area (Å²) in [4.78, 5) is 10.8. The van der Waals surface area contributed by atoms with Crippen molar-refractivity contribution in [3.8, 4) is 0 Å².